The van der Waals surface area contributed by atoms with E-state index < -0.39 is 12.0 Å². The predicted octanol–water partition coefficient (Wildman–Crippen LogP) is 3.34. The summed E-state index contributed by atoms with van der Waals surface area (Å²) in [6.45, 7) is 3.69. The number of esters is 1. The van der Waals surface area contributed by atoms with Crippen LogP contribution in [-0.2, 0) is 9.53 Å². The molecule has 4 rings (SSSR count). The molecule has 1 aliphatic rings. The first-order valence-electron chi connectivity index (χ1n) is 11.2. The lowest BCUT2D eigenvalue weighted by Gasteiger charge is -2.25. The molecule has 0 aliphatic carbocycles. The molecule has 1 aliphatic heterocycles. The Morgan fingerprint density at radius 1 is 1.28 bits per heavy atom. The van der Waals surface area contributed by atoms with Gasteiger partial charge in [-0.25, -0.2) is 9.79 Å². The summed E-state index contributed by atoms with van der Waals surface area (Å²) in [6.07, 6.45) is 1.60. The zero-order valence-corrected chi connectivity index (χ0v) is 22.9. The number of rotatable bonds is 6. The third-order valence-electron chi connectivity index (χ3n) is 5.82. The average Bonchev–Trinajstić information content (AvgIpc) is 3.14. The maximum Gasteiger partial charge on any atom is 0.338 e. The molecule has 0 amide bonds. The number of allylic oxidation sites excluding steroid dienone is 1. The van der Waals surface area contributed by atoms with E-state index in [0.717, 1.165) is 11.3 Å². The van der Waals surface area contributed by atoms with Gasteiger partial charge in [-0.2, -0.15) is 0 Å². The van der Waals surface area contributed by atoms with Gasteiger partial charge in [0.1, 0.15) is 0 Å². The van der Waals surface area contributed by atoms with Crippen LogP contribution in [0.2, 0.25) is 0 Å². The lowest BCUT2D eigenvalue weighted by Crippen LogP contribution is -2.39. The Morgan fingerprint density at radius 3 is 2.58 bits per heavy atom. The summed E-state index contributed by atoms with van der Waals surface area (Å²) in [4.78, 5) is 33.8. The Labute approximate surface area is 220 Å². The van der Waals surface area contributed by atoms with Crippen molar-refractivity contribution in [1.82, 2.24) is 4.57 Å². The maximum atomic E-state index is 13.7. The van der Waals surface area contributed by atoms with Crippen molar-refractivity contribution < 1.29 is 19.4 Å². The summed E-state index contributed by atoms with van der Waals surface area (Å²) in [6, 6.07) is 10.3. The van der Waals surface area contributed by atoms with Gasteiger partial charge in [0.05, 0.1) is 35.6 Å². The molecule has 2 heterocycles. The molecule has 1 N–H and O–H groups in total. The highest BCUT2D eigenvalue weighted by Crippen LogP contribution is 2.34. The first-order valence-corrected chi connectivity index (χ1v) is 12.8. The minimum atomic E-state index is -0.704. The van der Waals surface area contributed by atoms with Crippen LogP contribution in [0.5, 0.6) is 11.5 Å². The molecular formula is C26H26BrN3O5S. The van der Waals surface area contributed by atoms with Crippen molar-refractivity contribution in [2.24, 2.45) is 4.99 Å². The van der Waals surface area contributed by atoms with Gasteiger partial charge in [0, 0.05) is 29.8 Å². The van der Waals surface area contributed by atoms with Gasteiger partial charge in [-0.3, -0.25) is 9.36 Å². The Hall–Kier alpha value is -3.37. The second-order valence-corrected chi connectivity index (χ2v) is 10.3. The van der Waals surface area contributed by atoms with Gasteiger partial charge in [-0.1, -0.05) is 39.4 Å². The standard InChI is InChI=1S/C26H26BrN3O5S/c1-6-35-25(33)21-14(2)28-26-30(22(21)15-7-9-18(10-8-15)29(3)4)24(32)20(36-26)12-16-11-17(27)13-19(34-5)23(16)31/h7-13,22,31H,6H2,1-5H3/b20-12+/t22-/m1/s1. The molecule has 3 aromatic rings. The van der Waals surface area contributed by atoms with Gasteiger partial charge in [0.2, 0.25) is 0 Å². The number of anilines is 1. The zero-order valence-electron chi connectivity index (χ0n) is 20.5. The normalized spacial score (nSPS) is 15.4. The topological polar surface area (TPSA) is 93.4 Å². The third-order valence-corrected chi connectivity index (χ3v) is 7.26. The van der Waals surface area contributed by atoms with E-state index in [4.69, 9.17) is 9.47 Å². The molecule has 10 heteroatoms. The van der Waals surface area contributed by atoms with Crippen molar-refractivity contribution in [3.63, 3.8) is 0 Å². The number of ether oxygens (including phenoxy) is 2. The fraction of sp³-hybridized carbons (Fsp3) is 0.269. The Balaban J connectivity index is 1.96. The van der Waals surface area contributed by atoms with Crippen molar-refractivity contribution >= 4 is 45.0 Å². The molecule has 36 heavy (non-hydrogen) atoms. The number of aromatic hydroxyl groups is 1. The van der Waals surface area contributed by atoms with Gasteiger partial charge in [-0.05, 0) is 49.8 Å². The van der Waals surface area contributed by atoms with E-state index in [-0.39, 0.29) is 23.7 Å². The molecule has 0 saturated heterocycles. The SMILES string of the molecule is CCOC(=O)C1=C(C)N=c2s/c(=C/c3cc(Br)cc(OC)c3O)c(=O)n2[C@@H]1c1ccc(N(C)C)cc1. The molecule has 0 fully saturated rings. The Morgan fingerprint density at radius 2 is 1.97 bits per heavy atom. The van der Waals surface area contributed by atoms with Crippen LogP contribution in [0, 0.1) is 0 Å². The molecule has 2 aromatic carbocycles. The van der Waals surface area contributed by atoms with E-state index in [1.54, 1.807) is 32.1 Å². The van der Waals surface area contributed by atoms with Crippen LogP contribution in [0.15, 0.2) is 61.9 Å². The van der Waals surface area contributed by atoms with Crippen LogP contribution < -0.4 is 24.5 Å². The quantitative estimate of drug-likeness (QED) is 0.456. The van der Waals surface area contributed by atoms with Crippen molar-refractivity contribution in [2.45, 2.75) is 19.9 Å². The third kappa shape index (κ3) is 4.70. The number of nitrogens with zero attached hydrogens (tertiary/aromatic N) is 3. The van der Waals surface area contributed by atoms with Crippen LogP contribution in [0.3, 0.4) is 0 Å². The molecule has 1 aromatic heterocycles. The van der Waals surface area contributed by atoms with Crippen molar-refractivity contribution in [3.8, 4) is 11.5 Å². The van der Waals surface area contributed by atoms with Crippen LogP contribution in [-0.4, -0.2) is 43.5 Å². The van der Waals surface area contributed by atoms with Gasteiger partial charge in [0.15, 0.2) is 16.3 Å². The number of phenols is 1. The number of thiazole rings is 1. The number of halogens is 1. The number of aromatic nitrogens is 1. The van der Waals surface area contributed by atoms with Gasteiger partial charge < -0.3 is 19.5 Å². The highest BCUT2D eigenvalue weighted by atomic mass is 79.9. The second kappa shape index (κ2) is 10.3. The first kappa shape index (κ1) is 25.7. The summed E-state index contributed by atoms with van der Waals surface area (Å²) < 4.78 is 13.1. The molecule has 188 valence electrons. The summed E-state index contributed by atoms with van der Waals surface area (Å²) in [5, 5.41) is 10.6. The lowest BCUT2D eigenvalue weighted by molar-refractivity contribution is -0.139. The lowest BCUT2D eigenvalue weighted by atomic mass is 9.95. The number of carbonyl (C=O) groups is 1. The molecule has 0 saturated carbocycles. The van der Waals surface area contributed by atoms with Gasteiger partial charge in [-0.15, -0.1) is 0 Å². The van der Waals surface area contributed by atoms with E-state index in [2.05, 4.69) is 20.9 Å². The highest BCUT2D eigenvalue weighted by molar-refractivity contribution is 9.10. The largest absolute Gasteiger partial charge is 0.504 e. The molecule has 0 bridgehead atoms. The Bertz CT molecular complexity index is 1540. The van der Waals surface area contributed by atoms with E-state index >= 15 is 0 Å². The van der Waals surface area contributed by atoms with E-state index in [1.807, 2.05) is 43.3 Å². The molecule has 1 atom stereocenters. The van der Waals surface area contributed by atoms with Crippen LogP contribution in [0.25, 0.3) is 6.08 Å². The summed E-state index contributed by atoms with van der Waals surface area (Å²) in [7, 11) is 5.34. The number of methoxy groups -OCH3 is 1. The number of hydrogen-bond acceptors (Lipinski definition) is 8. The van der Waals surface area contributed by atoms with Crippen LogP contribution >= 0.6 is 27.3 Å². The summed E-state index contributed by atoms with van der Waals surface area (Å²) >= 11 is 4.60. The van der Waals surface area contributed by atoms with Crippen LogP contribution in [0.1, 0.15) is 31.0 Å². The molecule has 0 radical (unpaired) electrons. The number of carbonyl (C=O) groups excluding carboxylic acids is 1. The van der Waals surface area contributed by atoms with Crippen molar-refractivity contribution in [2.75, 3.05) is 32.7 Å². The zero-order chi connectivity index (χ0) is 26.1. The van der Waals surface area contributed by atoms with Crippen LogP contribution in [0.4, 0.5) is 5.69 Å². The number of fused-ring (bicyclic) bond motifs is 1. The summed E-state index contributed by atoms with van der Waals surface area (Å²) in [5.41, 5.74) is 2.66. The molecule has 8 nitrogen and oxygen atoms in total. The minimum Gasteiger partial charge on any atom is -0.504 e. The van der Waals surface area contributed by atoms with Crippen molar-refractivity contribution in [1.29, 1.82) is 0 Å². The molecular weight excluding hydrogens is 546 g/mol. The summed E-state index contributed by atoms with van der Waals surface area (Å²) in [5.74, 6) is -0.308. The number of phenolic OH excluding ortho intramolecular Hbond substituents is 1. The average molecular weight is 572 g/mol. The van der Waals surface area contributed by atoms with E-state index in [0.29, 0.717) is 30.6 Å². The van der Waals surface area contributed by atoms with Gasteiger partial charge >= 0.3 is 5.97 Å². The smallest absolute Gasteiger partial charge is 0.338 e. The number of hydrogen-bond donors (Lipinski definition) is 1. The first-order chi connectivity index (χ1) is 17.2. The maximum absolute atomic E-state index is 13.7. The monoisotopic (exact) mass is 571 g/mol. The molecule has 0 unspecified atom stereocenters. The fourth-order valence-electron chi connectivity index (χ4n) is 4.06. The van der Waals surface area contributed by atoms with E-state index in [9.17, 15) is 14.7 Å². The van der Waals surface area contributed by atoms with Gasteiger partial charge in [0.25, 0.3) is 5.56 Å². The second-order valence-electron chi connectivity index (χ2n) is 8.33. The highest BCUT2D eigenvalue weighted by Gasteiger charge is 2.33. The predicted molar refractivity (Wildman–Crippen MR) is 144 cm³/mol. The Kier molecular flexibility index (Phi) is 7.37. The van der Waals surface area contributed by atoms with E-state index in [1.165, 1.54) is 23.0 Å². The number of benzene rings is 2. The fourth-order valence-corrected chi connectivity index (χ4v) is 5.55. The minimum absolute atomic E-state index is 0.0780. The van der Waals surface area contributed by atoms with Crippen molar-refractivity contribution in [3.05, 3.63) is 83.0 Å². The molecule has 0 spiro atoms.